The number of hydrogen-bond donors (Lipinski definition) is 2. The van der Waals surface area contributed by atoms with Crippen LogP contribution < -0.4 is 10.6 Å². The van der Waals surface area contributed by atoms with Gasteiger partial charge in [-0.05, 0) is 45.1 Å². The van der Waals surface area contributed by atoms with Crippen molar-refractivity contribution in [3.05, 3.63) is 0 Å². The highest BCUT2D eigenvalue weighted by Gasteiger charge is 2.44. The van der Waals surface area contributed by atoms with Crippen LogP contribution in [-0.2, 0) is 4.79 Å². The fraction of sp³-hybridized carbons (Fsp3) is 0.929. The van der Waals surface area contributed by atoms with Crippen molar-refractivity contribution in [3.63, 3.8) is 0 Å². The monoisotopic (exact) mass is 328 g/mol. The van der Waals surface area contributed by atoms with E-state index in [4.69, 9.17) is 0 Å². The average Bonchev–Trinajstić information content (AvgIpc) is 2.88. The minimum Gasteiger partial charge on any atom is -0.352 e. The summed E-state index contributed by atoms with van der Waals surface area (Å²) in [6.07, 6.45) is -0.366. The van der Waals surface area contributed by atoms with Crippen molar-refractivity contribution < 1.29 is 18.0 Å². The van der Waals surface area contributed by atoms with Gasteiger partial charge in [-0.25, -0.2) is 0 Å². The Hall–Kier alpha value is -0.490. The Balaban J connectivity index is 0.00000220. The van der Waals surface area contributed by atoms with E-state index in [-0.39, 0.29) is 37.2 Å². The fourth-order valence-corrected chi connectivity index (χ4v) is 3.40. The van der Waals surface area contributed by atoms with Crippen molar-refractivity contribution >= 4 is 18.3 Å². The van der Waals surface area contributed by atoms with Gasteiger partial charge in [0.2, 0.25) is 5.91 Å². The third-order valence-electron chi connectivity index (χ3n) is 4.75. The van der Waals surface area contributed by atoms with E-state index in [1.807, 2.05) is 6.92 Å². The van der Waals surface area contributed by atoms with Gasteiger partial charge in [-0.1, -0.05) is 13.3 Å². The number of amides is 1. The largest absolute Gasteiger partial charge is 0.391 e. The summed E-state index contributed by atoms with van der Waals surface area (Å²) in [6, 6.07) is -0.339. The lowest BCUT2D eigenvalue weighted by molar-refractivity contribution is -0.184. The highest BCUT2D eigenvalue weighted by Crippen LogP contribution is 2.37. The maximum atomic E-state index is 12.8. The molecule has 0 spiro atoms. The average molecular weight is 329 g/mol. The number of carbonyl (C=O) groups excluding carboxylic acids is 1. The highest BCUT2D eigenvalue weighted by atomic mass is 35.5. The zero-order valence-electron chi connectivity index (χ0n) is 12.3. The van der Waals surface area contributed by atoms with Gasteiger partial charge in [-0.2, -0.15) is 13.2 Å². The van der Waals surface area contributed by atoms with Crippen molar-refractivity contribution in [2.45, 2.75) is 69.6 Å². The Bertz CT molecular complexity index is 357. The molecule has 2 fully saturated rings. The lowest BCUT2D eigenvalue weighted by atomic mass is 9.84. The number of halogens is 4. The van der Waals surface area contributed by atoms with E-state index >= 15 is 0 Å². The van der Waals surface area contributed by atoms with Gasteiger partial charge in [-0.3, -0.25) is 4.79 Å². The predicted molar refractivity (Wildman–Crippen MR) is 77.5 cm³/mol. The summed E-state index contributed by atoms with van der Waals surface area (Å²) in [7, 11) is 0. The van der Waals surface area contributed by atoms with Crippen LogP contribution in [0.5, 0.6) is 0 Å². The molecular weight excluding hydrogens is 305 g/mol. The van der Waals surface area contributed by atoms with Crippen LogP contribution in [0.1, 0.15) is 51.9 Å². The first-order valence-corrected chi connectivity index (χ1v) is 7.50. The van der Waals surface area contributed by atoms with Gasteiger partial charge in [0.1, 0.15) is 0 Å². The molecule has 1 aliphatic heterocycles. The van der Waals surface area contributed by atoms with Crippen LogP contribution in [-0.4, -0.2) is 30.2 Å². The number of nitrogens with one attached hydrogen (secondary N) is 2. The molecule has 21 heavy (non-hydrogen) atoms. The molecule has 0 radical (unpaired) electrons. The van der Waals surface area contributed by atoms with Gasteiger partial charge < -0.3 is 10.6 Å². The molecule has 1 heterocycles. The van der Waals surface area contributed by atoms with E-state index < -0.39 is 17.6 Å². The van der Waals surface area contributed by atoms with Crippen molar-refractivity contribution in [1.29, 1.82) is 0 Å². The molecule has 3 nitrogen and oxygen atoms in total. The molecule has 3 unspecified atom stereocenters. The summed E-state index contributed by atoms with van der Waals surface area (Å²) in [4.78, 5) is 12.4. The molecule has 7 heteroatoms. The Labute approximate surface area is 129 Å². The second-order valence-electron chi connectivity index (χ2n) is 6.04. The minimum absolute atomic E-state index is 0. The summed E-state index contributed by atoms with van der Waals surface area (Å²) >= 11 is 0. The Morgan fingerprint density at radius 1 is 1.33 bits per heavy atom. The summed E-state index contributed by atoms with van der Waals surface area (Å²) in [6.45, 7) is 2.74. The molecule has 1 amide bonds. The number of carbonyl (C=O) groups is 1. The summed E-state index contributed by atoms with van der Waals surface area (Å²) < 4.78 is 38.3. The molecule has 1 aliphatic carbocycles. The molecule has 2 N–H and O–H groups in total. The predicted octanol–water partition coefficient (Wildman–Crippen LogP) is 3.18. The van der Waals surface area contributed by atoms with E-state index in [1.54, 1.807) is 0 Å². The molecule has 2 rings (SSSR count). The Kier molecular flexibility index (Phi) is 6.35. The summed E-state index contributed by atoms with van der Waals surface area (Å²) in [5.74, 6) is -1.39. The Morgan fingerprint density at radius 3 is 2.57 bits per heavy atom. The first kappa shape index (κ1) is 18.6. The van der Waals surface area contributed by atoms with E-state index in [1.165, 1.54) is 0 Å². The third-order valence-corrected chi connectivity index (χ3v) is 4.75. The molecular formula is C14H24ClF3N2O. The number of alkyl halides is 3. The van der Waals surface area contributed by atoms with Crippen LogP contribution in [0, 0.1) is 5.92 Å². The normalized spacial score (nSPS) is 33.3. The number of hydrogen-bond acceptors (Lipinski definition) is 2. The van der Waals surface area contributed by atoms with Gasteiger partial charge in [0.05, 0.1) is 11.5 Å². The van der Waals surface area contributed by atoms with Crippen LogP contribution in [0.2, 0.25) is 0 Å². The van der Waals surface area contributed by atoms with Crippen molar-refractivity contribution in [2.24, 2.45) is 5.92 Å². The third kappa shape index (κ3) is 4.25. The lowest BCUT2D eigenvalue weighted by Crippen LogP contribution is -2.56. The molecule has 3 atom stereocenters. The molecule has 2 aliphatic rings. The van der Waals surface area contributed by atoms with Crippen molar-refractivity contribution in [1.82, 2.24) is 10.6 Å². The first-order valence-electron chi connectivity index (χ1n) is 7.50. The van der Waals surface area contributed by atoms with E-state index in [9.17, 15) is 18.0 Å². The van der Waals surface area contributed by atoms with E-state index in [0.29, 0.717) is 19.3 Å². The second-order valence-corrected chi connectivity index (χ2v) is 6.04. The molecule has 1 saturated carbocycles. The first-order chi connectivity index (χ1) is 9.37. The fourth-order valence-electron chi connectivity index (χ4n) is 3.40. The van der Waals surface area contributed by atoms with Gasteiger partial charge >= 0.3 is 6.18 Å². The van der Waals surface area contributed by atoms with Crippen LogP contribution in [0.25, 0.3) is 0 Å². The van der Waals surface area contributed by atoms with Gasteiger partial charge in [-0.15, -0.1) is 12.4 Å². The van der Waals surface area contributed by atoms with E-state index in [2.05, 4.69) is 10.6 Å². The standard InChI is InChI=1S/C14H23F3N2O.ClH/c1-2-13(7-4-8-18-13)12(20)19-11-6-3-5-10(9-11)14(15,16)17;/h10-11,18H,2-9H2,1H3,(H,19,20);1H. The zero-order chi connectivity index (χ0) is 14.8. The maximum Gasteiger partial charge on any atom is 0.391 e. The SMILES string of the molecule is CCC1(C(=O)NC2CCCC(C(F)(F)F)C2)CCCN1.Cl. The molecule has 0 aromatic carbocycles. The molecule has 1 saturated heterocycles. The van der Waals surface area contributed by atoms with Gasteiger partial charge in [0.15, 0.2) is 0 Å². The van der Waals surface area contributed by atoms with Crippen LogP contribution in [0.15, 0.2) is 0 Å². The lowest BCUT2D eigenvalue weighted by Gasteiger charge is -2.34. The van der Waals surface area contributed by atoms with Gasteiger partial charge in [0, 0.05) is 6.04 Å². The van der Waals surface area contributed by atoms with Gasteiger partial charge in [0.25, 0.3) is 0 Å². The molecule has 0 aromatic heterocycles. The zero-order valence-corrected chi connectivity index (χ0v) is 13.1. The summed E-state index contributed by atoms with van der Waals surface area (Å²) in [5.41, 5.74) is -0.564. The minimum atomic E-state index is -4.14. The van der Waals surface area contributed by atoms with Crippen LogP contribution in [0.3, 0.4) is 0 Å². The van der Waals surface area contributed by atoms with Crippen molar-refractivity contribution in [3.8, 4) is 0 Å². The van der Waals surface area contributed by atoms with Crippen LogP contribution in [0.4, 0.5) is 13.2 Å². The molecule has 0 aromatic rings. The van der Waals surface area contributed by atoms with E-state index in [0.717, 1.165) is 19.4 Å². The van der Waals surface area contributed by atoms with Crippen LogP contribution >= 0.6 is 12.4 Å². The topological polar surface area (TPSA) is 41.1 Å². The Morgan fingerprint density at radius 2 is 2.05 bits per heavy atom. The quantitative estimate of drug-likeness (QED) is 0.835. The van der Waals surface area contributed by atoms with Crippen molar-refractivity contribution in [2.75, 3.05) is 6.54 Å². The smallest absolute Gasteiger partial charge is 0.352 e. The maximum absolute atomic E-state index is 12.8. The highest BCUT2D eigenvalue weighted by molar-refractivity contribution is 5.86. The summed E-state index contributed by atoms with van der Waals surface area (Å²) in [5, 5.41) is 6.07. The second kappa shape index (κ2) is 7.18. The molecule has 0 bridgehead atoms. The number of rotatable bonds is 3. The molecule has 124 valence electrons.